The van der Waals surface area contributed by atoms with Crippen LogP contribution in [0.5, 0.6) is 0 Å². The summed E-state index contributed by atoms with van der Waals surface area (Å²) < 4.78 is 38.3. The van der Waals surface area contributed by atoms with Crippen LogP contribution in [0, 0.1) is 11.3 Å². The van der Waals surface area contributed by atoms with Gasteiger partial charge in [0.15, 0.2) is 0 Å². The number of nitrogens with zero attached hydrogens (tertiary/aromatic N) is 1. The monoisotopic (exact) mass is 298 g/mol. The van der Waals surface area contributed by atoms with Gasteiger partial charge in [-0.15, -0.1) is 0 Å². The Balaban J connectivity index is 2.19. The van der Waals surface area contributed by atoms with E-state index in [0.717, 1.165) is 0 Å². The van der Waals surface area contributed by atoms with Gasteiger partial charge in [0.2, 0.25) is 10.0 Å². The molecule has 0 unspecified atom stereocenters. The predicted octanol–water partition coefficient (Wildman–Crippen LogP) is 0.748. The first kappa shape index (κ1) is 14.2. The summed E-state index contributed by atoms with van der Waals surface area (Å²) in [7, 11) is -4.52. The third-order valence-electron chi connectivity index (χ3n) is 3.01. The smallest absolute Gasteiger partial charge is 0.242 e. The molecule has 1 saturated heterocycles. The largest absolute Gasteiger partial charge is 0.260 e. The molecule has 1 aromatic rings. The first-order valence-electron chi connectivity index (χ1n) is 5.89. The third kappa shape index (κ3) is 3.41. The van der Waals surface area contributed by atoms with Crippen molar-refractivity contribution in [1.82, 2.24) is 4.72 Å². The zero-order chi connectivity index (χ0) is 13.9. The van der Waals surface area contributed by atoms with E-state index in [2.05, 4.69) is 4.72 Å². The van der Waals surface area contributed by atoms with E-state index in [1.54, 1.807) is 12.1 Å². The van der Waals surface area contributed by atoms with Crippen LogP contribution in [-0.4, -0.2) is 30.2 Å². The highest BCUT2D eigenvalue weighted by atomic mass is 32.2. The lowest BCUT2D eigenvalue weighted by Gasteiger charge is -2.22. The minimum Gasteiger partial charge on any atom is -0.260 e. The van der Waals surface area contributed by atoms with Crippen LogP contribution < -0.4 is 4.72 Å². The normalized spacial score (nSPS) is 23.7. The molecule has 1 aromatic carbocycles. The Morgan fingerprint density at radius 2 is 1.89 bits per heavy atom. The van der Waals surface area contributed by atoms with Gasteiger partial charge in [-0.1, -0.05) is 12.1 Å². The summed E-state index contributed by atoms with van der Waals surface area (Å²) in [6.45, 7) is 0. The van der Waals surface area contributed by atoms with E-state index in [1.165, 1.54) is 12.1 Å². The highest BCUT2D eigenvalue weighted by Crippen LogP contribution is 2.17. The summed E-state index contributed by atoms with van der Waals surface area (Å²) in [5, 5.41) is 8.94. The summed E-state index contributed by atoms with van der Waals surface area (Å²) in [5.74, 6) is 1.04. The summed E-state index contributed by atoms with van der Waals surface area (Å²) in [4.78, 5) is 0.00389. The Bertz CT molecular complexity index is 625. The van der Waals surface area contributed by atoms with Gasteiger partial charge >= 0.3 is 0 Å². The first-order chi connectivity index (χ1) is 9.03. The second-order valence-electron chi connectivity index (χ2n) is 4.35. The van der Waals surface area contributed by atoms with Gasteiger partial charge in [0.1, 0.15) is 6.07 Å². The van der Waals surface area contributed by atoms with Crippen LogP contribution in [0.1, 0.15) is 18.4 Å². The van der Waals surface area contributed by atoms with Crippen LogP contribution >= 0.6 is 0 Å². The van der Waals surface area contributed by atoms with Crippen molar-refractivity contribution in [1.29, 1.82) is 5.26 Å². The molecule has 5 nitrogen and oxygen atoms in total. The van der Waals surface area contributed by atoms with Crippen molar-refractivity contribution >= 4 is 20.8 Å². The van der Waals surface area contributed by atoms with E-state index in [9.17, 15) is 12.6 Å². The number of sulfonamides is 1. The second kappa shape index (κ2) is 5.82. The minimum absolute atomic E-state index is 0.00389. The molecule has 102 valence electrons. The van der Waals surface area contributed by atoms with Gasteiger partial charge in [0.25, 0.3) is 0 Å². The van der Waals surface area contributed by atoms with Gasteiger partial charge in [-0.05, 0) is 25.0 Å². The lowest BCUT2D eigenvalue weighted by molar-refractivity contribution is 0.521. The maximum Gasteiger partial charge on any atom is 0.242 e. The Kier molecular flexibility index (Phi) is 4.34. The van der Waals surface area contributed by atoms with Gasteiger partial charge in [0, 0.05) is 28.3 Å². The summed E-state index contributed by atoms with van der Waals surface area (Å²) in [6, 6.07) is 7.79. The Hall–Kier alpha value is -1.23. The lowest BCUT2D eigenvalue weighted by atomic mass is 10.2. The lowest BCUT2D eigenvalue weighted by Crippen LogP contribution is -2.39. The zero-order valence-electron chi connectivity index (χ0n) is 10.2. The van der Waals surface area contributed by atoms with Crippen molar-refractivity contribution in [2.45, 2.75) is 23.8 Å². The SMILES string of the molecule is N#Cc1ccccc1S(=O)(=O)NC1CCS(=O)CC1. The molecule has 0 bridgehead atoms. The highest BCUT2D eigenvalue weighted by molar-refractivity contribution is 7.89. The van der Waals surface area contributed by atoms with E-state index in [-0.39, 0.29) is 16.5 Å². The summed E-state index contributed by atoms with van der Waals surface area (Å²) in [5.41, 5.74) is 0.134. The van der Waals surface area contributed by atoms with Crippen molar-refractivity contribution in [3.63, 3.8) is 0 Å². The number of nitriles is 1. The molecule has 0 aromatic heterocycles. The minimum atomic E-state index is -3.69. The van der Waals surface area contributed by atoms with Crippen LogP contribution in [0.3, 0.4) is 0 Å². The Labute approximate surface area is 115 Å². The molecule has 1 N–H and O–H groups in total. The van der Waals surface area contributed by atoms with Gasteiger partial charge in [0.05, 0.1) is 10.5 Å². The average Bonchev–Trinajstić information content (AvgIpc) is 2.41. The standard InChI is InChI=1S/C12H14N2O3S2/c13-9-10-3-1-2-4-12(10)19(16,17)14-11-5-7-18(15)8-6-11/h1-4,11,14H,5-8H2. The first-order valence-corrected chi connectivity index (χ1v) is 8.86. The summed E-state index contributed by atoms with van der Waals surface area (Å²) in [6.07, 6.45) is 1.14. The van der Waals surface area contributed by atoms with Crippen LogP contribution in [-0.2, 0) is 20.8 Å². The average molecular weight is 298 g/mol. The molecule has 19 heavy (non-hydrogen) atoms. The molecule has 1 heterocycles. The van der Waals surface area contributed by atoms with Crippen LogP contribution in [0.25, 0.3) is 0 Å². The Morgan fingerprint density at radius 1 is 1.26 bits per heavy atom. The molecule has 1 aliphatic rings. The molecule has 0 aliphatic carbocycles. The molecule has 1 aliphatic heterocycles. The fourth-order valence-electron chi connectivity index (χ4n) is 1.99. The number of hydrogen-bond acceptors (Lipinski definition) is 4. The number of benzene rings is 1. The molecule has 7 heteroatoms. The van der Waals surface area contributed by atoms with Gasteiger partial charge in [-0.25, -0.2) is 13.1 Å². The topological polar surface area (TPSA) is 87.0 Å². The highest BCUT2D eigenvalue weighted by Gasteiger charge is 2.25. The van der Waals surface area contributed by atoms with Crippen LogP contribution in [0.4, 0.5) is 0 Å². The molecule has 1 fully saturated rings. The van der Waals surface area contributed by atoms with E-state index in [0.29, 0.717) is 24.3 Å². The van der Waals surface area contributed by atoms with Gasteiger partial charge in [-0.3, -0.25) is 4.21 Å². The zero-order valence-corrected chi connectivity index (χ0v) is 11.8. The summed E-state index contributed by atoms with van der Waals surface area (Å²) >= 11 is 0. The molecule has 0 atom stereocenters. The van der Waals surface area contributed by atoms with E-state index in [1.807, 2.05) is 6.07 Å². The van der Waals surface area contributed by atoms with Crippen molar-refractivity contribution in [3.05, 3.63) is 29.8 Å². The fraction of sp³-hybridized carbons (Fsp3) is 0.417. The molecule has 0 radical (unpaired) electrons. The molecule has 2 rings (SSSR count). The number of rotatable bonds is 3. The molecular formula is C12H14N2O3S2. The molecule has 0 amide bonds. The third-order valence-corrected chi connectivity index (χ3v) is 5.97. The van der Waals surface area contributed by atoms with Crippen molar-refractivity contribution in [2.75, 3.05) is 11.5 Å². The van der Waals surface area contributed by atoms with Crippen LogP contribution in [0.2, 0.25) is 0 Å². The van der Waals surface area contributed by atoms with Gasteiger partial charge < -0.3 is 0 Å². The number of hydrogen-bond donors (Lipinski definition) is 1. The van der Waals surface area contributed by atoms with E-state index >= 15 is 0 Å². The second-order valence-corrected chi connectivity index (χ2v) is 7.73. The maximum absolute atomic E-state index is 12.2. The number of nitrogens with one attached hydrogen (secondary N) is 1. The molecular weight excluding hydrogens is 284 g/mol. The predicted molar refractivity (Wildman–Crippen MR) is 72.4 cm³/mol. The van der Waals surface area contributed by atoms with Crippen LogP contribution in [0.15, 0.2) is 29.2 Å². The van der Waals surface area contributed by atoms with E-state index in [4.69, 9.17) is 5.26 Å². The van der Waals surface area contributed by atoms with Crippen molar-refractivity contribution in [3.8, 4) is 6.07 Å². The Morgan fingerprint density at radius 3 is 2.53 bits per heavy atom. The quantitative estimate of drug-likeness (QED) is 0.892. The van der Waals surface area contributed by atoms with Crippen molar-refractivity contribution in [2.24, 2.45) is 0 Å². The van der Waals surface area contributed by atoms with Crippen molar-refractivity contribution < 1.29 is 12.6 Å². The molecule has 0 saturated carbocycles. The van der Waals surface area contributed by atoms with E-state index < -0.39 is 20.8 Å². The van der Waals surface area contributed by atoms with Gasteiger partial charge in [-0.2, -0.15) is 5.26 Å². The molecule has 0 spiro atoms. The fourth-order valence-corrected chi connectivity index (χ4v) is 4.75. The maximum atomic E-state index is 12.2.